The zero-order valence-electron chi connectivity index (χ0n) is 27.4. The summed E-state index contributed by atoms with van der Waals surface area (Å²) in [6, 6.07) is 6.92. The van der Waals surface area contributed by atoms with Gasteiger partial charge in [-0.25, -0.2) is 4.79 Å². The summed E-state index contributed by atoms with van der Waals surface area (Å²) in [6.07, 6.45) is 2.55. The Bertz CT molecular complexity index is 1430. The van der Waals surface area contributed by atoms with Gasteiger partial charge in [-0.3, -0.25) is 19.2 Å². The van der Waals surface area contributed by atoms with Gasteiger partial charge in [0.05, 0.1) is 19.1 Å². The highest BCUT2D eigenvalue weighted by atomic mass is 16.5. The lowest BCUT2D eigenvalue weighted by Gasteiger charge is -2.60. The van der Waals surface area contributed by atoms with E-state index in [1.165, 1.54) is 0 Å². The van der Waals surface area contributed by atoms with Crippen LogP contribution in [0.5, 0.6) is 0 Å². The molecule has 1 aromatic rings. The van der Waals surface area contributed by atoms with E-state index in [0.29, 0.717) is 24.8 Å². The normalized spacial score (nSPS) is 34.1. The molecule has 4 aliphatic carbocycles. The predicted molar refractivity (Wildman–Crippen MR) is 168 cm³/mol. The van der Waals surface area contributed by atoms with Gasteiger partial charge in [-0.15, -0.1) is 0 Å². The van der Waals surface area contributed by atoms with Gasteiger partial charge in [-0.2, -0.15) is 0 Å². The highest BCUT2D eigenvalue weighted by Gasteiger charge is 2.68. The number of aliphatic hydroxyl groups excluding tert-OH is 2. The van der Waals surface area contributed by atoms with Crippen molar-refractivity contribution in [3.8, 4) is 0 Å². The number of ether oxygens (including phenoxy) is 2. The molecular formula is C36H47NO10. The van der Waals surface area contributed by atoms with Crippen molar-refractivity contribution in [1.29, 1.82) is 0 Å². The van der Waals surface area contributed by atoms with Gasteiger partial charge in [0, 0.05) is 18.3 Å². The minimum absolute atomic E-state index is 0.0150. The molecule has 11 nitrogen and oxygen atoms in total. The topological polar surface area (TPSA) is 177 Å². The molecule has 1 aromatic carbocycles. The van der Waals surface area contributed by atoms with Gasteiger partial charge >= 0.3 is 11.9 Å². The molecule has 4 N–H and O–H groups in total. The van der Waals surface area contributed by atoms with Crippen LogP contribution in [0.3, 0.4) is 0 Å². The number of aliphatic hydroxyl groups is 3. The molecule has 0 saturated heterocycles. The molecule has 0 heterocycles. The third kappa shape index (κ3) is 6.41. The Hall–Kier alpha value is -3.41. The fourth-order valence-corrected chi connectivity index (χ4v) is 9.29. The molecule has 4 aliphatic rings. The minimum Gasteiger partial charge on any atom is -0.464 e. The monoisotopic (exact) mass is 653 g/mol. The van der Waals surface area contributed by atoms with E-state index in [0.717, 1.165) is 18.4 Å². The Balaban J connectivity index is 1.17. The Kier molecular flexibility index (Phi) is 10.1. The molecule has 1 amide bonds. The third-order valence-electron chi connectivity index (χ3n) is 11.7. The van der Waals surface area contributed by atoms with Gasteiger partial charge < -0.3 is 30.1 Å². The SMILES string of the molecule is CCOC(=O)[C@H](NC(=O)CCC(=O)OCC(=O)[C@@]1(O)CC[C@@H]2[C@@H]3CCC4=CC(=O)CC[C@]4(C)[C@@H]3[C@H](O)C[C@@]21C)[C@H](O)c1ccccc1. The highest BCUT2D eigenvalue weighted by Crippen LogP contribution is 2.67. The Morgan fingerprint density at radius 2 is 1.74 bits per heavy atom. The van der Waals surface area contributed by atoms with Crippen LogP contribution in [-0.4, -0.2) is 75.7 Å². The number of allylic oxidation sites excluding steroid dienone is 1. The van der Waals surface area contributed by atoms with Crippen molar-refractivity contribution in [3.05, 3.63) is 47.5 Å². The lowest BCUT2D eigenvalue weighted by molar-refractivity contribution is -0.184. The largest absolute Gasteiger partial charge is 0.464 e. The number of nitrogens with one attached hydrogen (secondary N) is 1. The van der Waals surface area contributed by atoms with E-state index in [9.17, 15) is 39.3 Å². The van der Waals surface area contributed by atoms with E-state index in [2.05, 4.69) is 12.2 Å². The second kappa shape index (κ2) is 13.6. The van der Waals surface area contributed by atoms with Crippen LogP contribution in [0.4, 0.5) is 0 Å². The second-order valence-corrected chi connectivity index (χ2v) is 14.2. The number of carbonyl (C=O) groups is 5. The molecule has 0 bridgehead atoms. The molecule has 11 heteroatoms. The van der Waals surface area contributed by atoms with Crippen molar-refractivity contribution in [2.45, 2.75) is 102 Å². The summed E-state index contributed by atoms with van der Waals surface area (Å²) in [5.41, 5.74) is -1.50. The molecule has 9 atom stereocenters. The van der Waals surface area contributed by atoms with Gasteiger partial charge in [0.25, 0.3) is 0 Å². The summed E-state index contributed by atoms with van der Waals surface area (Å²) in [5.74, 6) is -2.85. The average Bonchev–Trinajstić information content (AvgIpc) is 3.32. The van der Waals surface area contributed by atoms with Gasteiger partial charge in [0.1, 0.15) is 11.7 Å². The standard InChI is InChI=1S/C36H47NO10/c1-4-46-33(44)31(32(43)21-8-6-5-7-9-21)37-28(41)12-13-29(42)47-20-27(40)36(45)17-15-25-24-11-10-22-18-23(38)14-16-34(22,2)30(24)26(39)19-35(25,36)3/h5-9,18,24-26,30-32,39,43,45H,4,10-17,19-20H2,1-3H3,(H,37,41)/t24-,25+,26+,30-,31+,32+,34-,35-,36-/m0/s1. The number of ketones is 2. The Morgan fingerprint density at radius 3 is 2.45 bits per heavy atom. The fraction of sp³-hybridized carbons (Fsp3) is 0.639. The van der Waals surface area contributed by atoms with Crippen molar-refractivity contribution in [2.24, 2.45) is 28.6 Å². The van der Waals surface area contributed by atoms with Crippen LogP contribution in [0.1, 0.15) is 90.2 Å². The van der Waals surface area contributed by atoms with Crippen molar-refractivity contribution < 1.29 is 48.8 Å². The van der Waals surface area contributed by atoms with Crippen LogP contribution in [0.25, 0.3) is 0 Å². The van der Waals surface area contributed by atoms with Gasteiger partial charge in [-0.05, 0) is 80.3 Å². The van der Waals surface area contributed by atoms with E-state index in [4.69, 9.17) is 9.47 Å². The first kappa shape index (κ1) is 34.9. The van der Waals surface area contributed by atoms with E-state index >= 15 is 0 Å². The number of amides is 1. The van der Waals surface area contributed by atoms with E-state index in [-0.39, 0.29) is 54.8 Å². The Morgan fingerprint density at radius 1 is 1.02 bits per heavy atom. The summed E-state index contributed by atoms with van der Waals surface area (Å²) >= 11 is 0. The molecule has 3 fully saturated rings. The summed E-state index contributed by atoms with van der Waals surface area (Å²) in [7, 11) is 0. The average molecular weight is 654 g/mol. The molecule has 0 aliphatic heterocycles. The number of benzene rings is 1. The van der Waals surface area contributed by atoms with Crippen LogP contribution < -0.4 is 5.32 Å². The summed E-state index contributed by atoms with van der Waals surface area (Å²) in [6.45, 7) is 4.97. The van der Waals surface area contributed by atoms with Gasteiger partial charge in [-0.1, -0.05) is 49.8 Å². The summed E-state index contributed by atoms with van der Waals surface area (Å²) in [4.78, 5) is 63.5. The fourth-order valence-electron chi connectivity index (χ4n) is 9.29. The first-order chi connectivity index (χ1) is 22.2. The maximum Gasteiger partial charge on any atom is 0.331 e. The van der Waals surface area contributed by atoms with E-state index < -0.39 is 65.9 Å². The van der Waals surface area contributed by atoms with Gasteiger partial charge in [0.2, 0.25) is 11.7 Å². The third-order valence-corrected chi connectivity index (χ3v) is 11.7. The first-order valence-corrected chi connectivity index (χ1v) is 16.8. The second-order valence-electron chi connectivity index (χ2n) is 14.2. The number of carbonyl (C=O) groups excluding carboxylic acids is 5. The van der Waals surface area contributed by atoms with Crippen LogP contribution in [0.2, 0.25) is 0 Å². The summed E-state index contributed by atoms with van der Waals surface area (Å²) < 4.78 is 10.2. The number of hydrogen-bond acceptors (Lipinski definition) is 10. The molecule has 0 unspecified atom stereocenters. The van der Waals surface area contributed by atoms with Crippen molar-refractivity contribution in [1.82, 2.24) is 5.32 Å². The number of Topliss-reactive ketones (excluding diaryl/α,β-unsaturated/α-hetero) is 1. The molecule has 3 saturated carbocycles. The summed E-state index contributed by atoms with van der Waals surface area (Å²) in [5, 5.41) is 36.6. The lowest BCUT2D eigenvalue weighted by atomic mass is 9.45. The van der Waals surface area contributed by atoms with Crippen LogP contribution in [-0.2, 0) is 33.4 Å². The number of hydrogen-bond donors (Lipinski definition) is 4. The lowest BCUT2D eigenvalue weighted by Crippen LogP contribution is -2.62. The highest BCUT2D eigenvalue weighted by molar-refractivity contribution is 5.92. The number of esters is 2. The molecule has 0 aromatic heterocycles. The smallest absolute Gasteiger partial charge is 0.331 e. The molecule has 0 spiro atoms. The zero-order chi connectivity index (χ0) is 34.1. The van der Waals surface area contributed by atoms with Gasteiger partial charge in [0.15, 0.2) is 18.4 Å². The first-order valence-electron chi connectivity index (χ1n) is 16.8. The van der Waals surface area contributed by atoms with E-state index in [1.54, 1.807) is 43.3 Å². The Labute approximate surface area is 275 Å². The maximum atomic E-state index is 13.5. The van der Waals surface area contributed by atoms with E-state index in [1.807, 2.05) is 6.92 Å². The minimum atomic E-state index is -1.79. The zero-order valence-corrected chi connectivity index (χ0v) is 27.4. The quantitative estimate of drug-likeness (QED) is 0.260. The van der Waals surface area contributed by atoms with Crippen LogP contribution >= 0.6 is 0 Å². The van der Waals surface area contributed by atoms with Crippen molar-refractivity contribution in [2.75, 3.05) is 13.2 Å². The molecule has 0 radical (unpaired) electrons. The van der Waals surface area contributed by atoms with Crippen LogP contribution in [0.15, 0.2) is 42.0 Å². The van der Waals surface area contributed by atoms with Crippen molar-refractivity contribution >= 4 is 29.4 Å². The molecule has 256 valence electrons. The van der Waals surface area contributed by atoms with Crippen LogP contribution in [0, 0.1) is 28.6 Å². The maximum absolute atomic E-state index is 13.5. The number of rotatable bonds is 11. The molecular weight excluding hydrogens is 606 g/mol. The molecule has 5 rings (SSSR count). The molecule has 47 heavy (non-hydrogen) atoms. The van der Waals surface area contributed by atoms with Crippen molar-refractivity contribution in [3.63, 3.8) is 0 Å². The predicted octanol–water partition coefficient (Wildman–Crippen LogP) is 2.89. The number of fused-ring (bicyclic) bond motifs is 5.